The van der Waals surface area contributed by atoms with Crippen LogP contribution in [0.3, 0.4) is 0 Å². The summed E-state index contributed by atoms with van der Waals surface area (Å²) >= 11 is 0. The maximum Gasteiger partial charge on any atom is 0.221 e. The summed E-state index contributed by atoms with van der Waals surface area (Å²) in [5.41, 5.74) is 3.98. The first-order valence-corrected chi connectivity index (χ1v) is 7.53. The molecule has 2 aromatic rings. The van der Waals surface area contributed by atoms with E-state index in [1.54, 1.807) is 7.11 Å². The number of nitrogens with one attached hydrogen (secondary N) is 1. The molecule has 5 heteroatoms. The molecule has 0 aliphatic carbocycles. The van der Waals surface area contributed by atoms with Gasteiger partial charge in [0.05, 0.1) is 18.5 Å². The third-order valence-electron chi connectivity index (χ3n) is 3.71. The molecule has 0 saturated heterocycles. The third-order valence-corrected chi connectivity index (χ3v) is 3.71. The van der Waals surface area contributed by atoms with E-state index in [0.29, 0.717) is 0 Å². The van der Waals surface area contributed by atoms with Crippen molar-refractivity contribution in [1.82, 2.24) is 0 Å². The molecular formula is C18H19N3O2. The van der Waals surface area contributed by atoms with Crippen molar-refractivity contribution < 1.29 is 9.53 Å². The van der Waals surface area contributed by atoms with Crippen molar-refractivity contribution in [2.75, 3.05) is 24.0 Å². The zero-order valence-electron chi connectivity index (χ0n) is 13.2. The van der Waals surface area contributed by atoms with E-state index in [1.807, 2.05) is 53.5 Å². The number of ether oxygens (including phenoxy) is 1. The van der Waals surface area contributed by atoms with Crippen LogP contribution in [0.4, 0.5) is 11.4 Å². The second-order valence-electron chi connectivity index (χ2n) is 5.38. The molecule has 3 rings (SSSR count). The lowest BCUT2D eigenvalue weighted by molar-refractivity contribution is -0.114. The zero-order chi connectivity index (χ0) is 16.2. The van der Waals surface area contributed by atoms with Crippen molar-refractivity contribution in [2.45, 2.75) is 13.3 Å². The summed E-state index contributed by atoms with van der Waals surface area (Å²) < 4.78 is 5.18. The van der Waals surface area contributed by atoms with Crippen LogP contribution in [-0.4, -0.2) is 25.3 Å². The summed E-state index contributed by atoms with van der Waals surface area (Å²) in [6.45, 7) is 2.36. The molecule has 0 unspecified atom stereocenters. The maximum absolute atomic E-state index is 11.0. The molecule has 0 bridgehead atoms. The monoisotopic (exact) mass is 309 g/mol. The van der Waals surface area contributed by atoms with Crippen LogP contribution in [-0.2, 0) is 4.79 Å². The molecule has 0 saturated carbocycles. The van der Waals surface area contributed by atoms with Crippen LogP contribution in [0.25, 0.3) is 0 Å². The van der Waals surface area contributed by atoms with Gasteiger partial charge in [-0.15, -0.1) is 0 Å². The number of anilines is 2. The first-order chi connectivity index (χ1) is 11.2. The number of methoxy groups -OCH3 is 1. The Morgan fingerprint density at radius 2 is 1.83 bits per heavy atom. The topological polar surface area (TPSA) is 53.9 Å². The number of benzene rings is 2. The van der Waals surface area contributed by atoms with Crippen LogP contribution in [0.5, 0.6) is 5.75 Å². The van der Waals surface area contributed by atoms with E-state index in [4.69, 9.17) is 9.84 Å². The Morgan fingerprint density at radius 1 is 1.13 bits per heavy atom. The number of rotatable bonds is 4. The van der Waals surface area contributed by atoms with E-state index in [-0.39, 0.29) is 5.91 Å². The number of carbonyl (C=O) groups is 1. The van der Waals surface area contributed by atoms with Crippen molar-refractivity contribution in [2.24, 2.45) is 5.10 Å². The fourth-order valence-corrected chi connectivity index (χ4v) is 2.55. The van der Waals surface area contributed by atoms with Crippen molar-refractivity contribution in [3.05, 3.63) is 54.1 Å². The predicted octanol–water partition coefficient (Wildman–Crippen LogP) is 3.27. The standard InChI is InChI=1S/C18H19N3O2/c1-13(22)19-15-5-3-14(4-6-15)18-11-12-21(20-18)16-7-9-17(23-2)10-8-16/h3-10H,11-12H2,1-2H3,(H,19,22). The normalized spacial score (nSPS) is 13.7. The molecule has 2 aromatic carbocycles. The Morgan fingerprint density at radius 3 is 2.43 bits per heavy atom. The van der Waals surface area contributed by atoms with Gasteiger partial charge in [0, 0.05) is 25.6 Å². The summed E-state index contributed by atoms with van der Waals surface area (Å²) in [5.74, 6) is 0.771. The molecule has 1 aliphatic heterocycles. The molecule has 1 aliphatic rings. The molecule has 1 heterocycles. The Balaban J connectivity index is 1.74. The predicted molar refractivity (Wildman–Crippen MR) is 92.2 cm³/mol. The SMILES string of the molecule is COc1ccc(N2CCC(c3ccc(NC(C)=O)cc3)=N2)cc1. The number of hydrazone groups is 1. The van der Waals surface area contributed by atoms with E-state index in [9.17, 15) is 4.79 Å². The van der Waals surface area contributed by atoms with Gasteiger partial charge in [0.2, 0.25) is 5.91 Å². The second-order valence-corrected chi connectivity index (χ2v) is 5.38. The molecule has 1 amide bonds. The lowest BCUT2D eigenvalue weighted by Gasteiger charge is -2.13. The van der Waals surface area contributed by atoms with Gasteiger partial charge in [0.1, 0.15) is 5.75 Å². The molecule has 1 N–H and O–H groups in total. The van der Waals surface area contributed by atoms with Gasteiger partial charge < -0.3 is 10.1 Å². The first-order valence-electron chi connectivity index (χ1n) is 7.53. The minimum Gasteiger partial charge on any atom is -0.497 e. The molecule has 23 heavy (non-hydrogen) atoms. The van der Waals surface area contributed by atoms with Crippen molar-refractivity contribution in [3.8, 4) is 5.75 Å². The summed E-state index contributed by atoms with van der Waals surface area (Å²) in [6.07, 6.45) is 0.894. The fraction of sp³-hybridized carbons (Fsp3) is 0.222. The van der Waals surface area contributed by atoms with Crippen LogP contribution >= 0.6 is 0 Å². The Bertz CT molecular complexity index is 721. The maximum atomic E-state index is 11.0. The number of amides is 1. The van der Waals surface area contributed by atoms with E-state index >= 15 is 0 Å². The van der Waals surface area contributed by atoms with Gasteiger partial charge in [-0.25, -0.2) is 0 Å². The van der Waals surface area contributed by atoms with Crippen molar-refractivity contribution in [1.29, 1.82) is 0 Å². The average molecular weight is 309 g/mol. The van der Waals surface area contributed by atoms with E-state index in [1.165, 1.54) is 6.92 Å². The highest BCUT2D eigenvalue weighted by Gasteiger charge is 2.17. The number of carbonyl (C=O) groups excluding carboxylic acids is 1. The van der Waals surface area contributed by atoms with Crippen LogP contribution in [0.1, 0.15) is 18.9 Å². The van der Waals surface area contributed by atoms with Gasteiger partial charge in [-0.05, 0) is 42.0 Å². The number of hydrogen-bond acceptors (Lipinski definition) is 4. The fourth-order valence-electron chi connectivity index (χ4n) is 2.55. The molecule has 0 atom stereocenters. The molecule has 0 aromatic heterocycles. The molecule has 0 spiro atoms. The summed E-state index contributed by atoms with van der Waals surface area (Å²) in [7, 11) is 1.66. The molecule has 0 fully saturated rings. The first kappa shape index (κ1) is 15.1. The van der Waals surface area contributed by atoms with Crippen LogP contribution < -0.4 is 15.1 Å². The van der Waals surface area contributed by atoms with Crippen molar-refractivity contribution >= 4 is 23.0 Å². The quantitative estimate of drug-likeness (QED) is 0.943. The van der Waals surface area contributed by atoms with E-state index in [0.717, 1.165) is 41.4 Å². The third kappa shape index (κ3) is 3.51. The van der Waals surface area contributed by atoms with Crippen LogP contribution in [0.2, 0.25) is 0 Å². The van der Waals surface area contributed by atoms with Crippen LogP contribution in [0, 0.1) is 0 Å². The molecule has 0 radical (unpaired) electrons. The lowest BCUT2D eigenvalue weighted by atomic mass is 10.1. The molecular weight excluding hydrogens is 290 g/mol. The molecule has 5 nitrogen and oxygen atoms in total. The minimum atomic E-state index is -0.0679. The van der Waals surface area contributed by atoms with E-state index in [2.05, 4.69) is 5.32 Å². The van der Waals surface area contributed by atoms with Gasteiger partial charge in [0.15, 0.2) is 0 Å². The average Bonchev–Trinajstić information content (AvgIpc) is 3.05. The van der Waals surface area contributed by atoms with Gasteiger partial charge >= 0.3 is 0 Å². The lowest BCUT2D eigenvalue weighted by Crippen LogP contribution is -2.11. The minimum absolute atomic E-state index is 0.0679. The van der Waals surface area contributed by atoms with Gasteiger partial charge in [-0.1, -0.05) is 12.1 Å². The van der Waals surface area contributed by atoms with Crippen molar-refractivity contribution in [3.63, 3.8) is 0 Å². The van der Waals surface area contributed by atoms with E-state index < -0.39 is 0 Å². The van der Waals surface area contributed by atoms with Gasteiger partial charge in [-0.3, -0.25) is 9.80 Å². The van der Waals surface area contributed by atoms with Crippen LogP contribution in [0.15, 0.2) is 53.6 Å². The zero-order valence-corrected chi connectivity index (χ0v) is 13.2. The summed E-state index contributed by atoms with van der Waals surface area (Å²) in [6, 6.07) is 15.7. The Kier molecular flexibility index (Phi) is 4.28. The van der Waals surface area contributed by atoms with Gasteiger partial charge in [0.25, 0.3) is 0 Å². The highest BCUT2D eigenvalue weighted by atomic mass is 16.5. The van der Waals surface area contributed by atoms with Gasteiger partial charge in [-0.2, -0.15) is 5.10 Å². The summed E-state index contributed by atoms with van der Waals surface area (Å²) in [4.78, 5) is 11.0. The summed E-state index contributed by atoms with van der Waals surface area (Å²) in [5, 5.41) is 9.46. The Hall–Kier alpha value is -2.82. The second kappa shape index (κ2) is 6.52. The highest BCUT2D eigenvalue weighted by Crippen LogP contribution is 2.24. The Labute approximate surface area is 135 Å². The number of hydrogen-bond donors (Lipinski definition) is 1. The largest absolute Gasteiger partial charge is 0.497 e. The number of nitrogens with zero attached hydrogens (tertiary/aromatic N) is 2. The smallest absolute Gasteiger partial charge is 0.221 e. The molecule has 118 valence electrons. The highest BCUT2D eigenvalue weighted by molar-refractivity contribution is 6.03.